The molecule has 1 nitrogen and oxygen atoms in total. The lowest BCUT2D eigenvalue weighted by Gasteiger charge is -2.42. The molecular formula is C12H20O. The summed E-state index contributed by atoms with van der Waals surface area (Å²) in [5.74, 6) is 0.929. The van der Waals surface area contributed by atoms with Crippen molar-refractivity contribution in [1.82, 2.24) is 0 Å². The molecule has 0 amide bonds. The molecule has 0 aromatic heterocycles. The van der Waals surface area contributed by atoms with Crippen molar-refractivity contribution in [2.45, 2.75) is 52.1 Å². The van der Waals surface area contributed by atoms with Gasteiger partial charge < -0.3 is 4.74 Å². The predicted molar refractivity (Wildman–Crippen MR) is 52.5 cm³/mol. The fraction of sp³-hybridized carbons (Fsp3) is 1.00. The summed E-state index contributed by atoms with van der Waals surface area (Å²) >= 11 is 0. The Labute approximate surface area is 80.8 Å². The summed E-state index contributed by atoms with van der Waals surface area (Å²) in [6.07, 6.45) is 5.50. The Kier molecular flexibility index (Phi) is 1.26. The van der Waals surface area contributed by atoms with E-state index in [0.717, 1.165) is 12.5 Å². The second-order valence-electron chi connectivity index (χ2n) is 6.07. The van der Waals surface area contributed by atoms with E-state index in [1.165, 1.54) is 25.7 Å². The summed E-state index contributed by atoms with van der Waals surface area (Å²) < 4.78 is 6.02. The minimum atomic E-state index is 0.236. The Morgan fingerprint density at radius 3 is 2.54 bits per heavy atom. The van der Waals surface area contributed by atoms with Gasteiger partial charge in [0.25, 0.3) is 0 Å². The van der Waals surface area contributed by atoms with Gasteiger partial charge in [-0.05, 0) is 43.9 Å². The maximum Gasteiger partial charge on any atom is 0.0719 e. The van der Waals surface area contributed by atoms with Crippen molar-refractivity contribution in [3.63, 3.8) is 0 Å². The zero-order valence-corrected chi connectivity index (χ0v) is 9.02. The normalized spacial score (nSPS) is 57.0. The molecule has 3 unspecified atom stereocenters. The Bertz CT molecular complexity index is 247. The molecule has 3 rings (SSSR count). The maximum atomic E-state index is 6.02. The van der Waals surface area contributed by atoms with Crippen molar-refractivity contribution in [3.8, 4) is 0 Å². The monoisotopic (exact) mass is 180 g/mol. The molecule has 3 atom stereocenters. The van der Waals surface area contributed by atoms with Gasteiger partial charge in [-0.15, -0.1) is 0 Å². The van der Waals surface area contributed by atoms with Gasteiger partial charge in [-0.25, -0.2) is 0 Å². The zero-order chi connectivity index (χ0) is 9.32. The topological polar surface area (TPSA) is 9.23 Å². The van der Waals surface area contributed by atoms with Crippen LogP contribution in [0, 0.1) is 16.7 Å². The molecule has 2 bridgehead atoms. The summed E-state index contributed by atoms with van der Waals surface area (Å²) in [6.45, 7) is 8.32. The van der Waals surface area contributed by atoms with Gasteiger partial charge in [0.15, 0.2) is 0 Å². The van der Waals surface area contributed by atoms with Crippen LogP contribution >= 0.6 is 0 Å². The summed E-state index contributed by atoms with van der Waals surface area (Å²) in [4.78, 5) is 0. The lowest BCUT2D eigenvalue weighted by atomic mass is 9.63. The molecule has 0 N–H and O–H groups in total. The molecule has 1 spiro atoms. The molecule has 0 aromatic carbocycles. The summed E-state index contributed by atoms with van der Waals surface area (Å²) in [5.41, 5.74) is 1.31. The van der Waals surface area contributed by atoms with Crippen molar-refractivity contribution in [3.05, 3.63) is 0 Å². The van der Waals surface area contributed by atoms with Crippen molar-refractivity contribution >= 4 is 0 Å². The van der Waals surface area contributed by atoms with Crippen LogP contribution in [0.2, 0.25) is 0 Å². The lowest BCUT2D eigenvalue weighted by molar-refractivity contribution is -0.0569. The summed E-state index contributed by atoms with van der Waals surface area (Å²) in [6, 6.07) is 0. The highest BCUT2D eigenvalue weighted by molar-refractivity contribution is 5.20. The third-order valence-electron chi connectivity index (χ3n) is 5.77. The van der Waals surface area contributed by atoms with Gasteiger partial charge in [0.1, 0.15) is 0 Å². The van der Waals surface area contributed by atoms with E-state index in [9.17, 15) is 0 Å². The Morgan fingerprint density at radius 2 is 1.92 bits per heavy atom. The molecule has 3 aliphatic rings. The second kappa shape index (κ2) is 1.98. The first-order valence-corrected chi connectivity index (χ1v) is 5.66. The van der Waals surface area contributed by atoms with E-state index in [4.69, 9.17) is 4.74 Å². The highest BCUT2D eigenvalue weighted by Crippen LogP contribution is 2.74. The minimum absolute atomic E-state index is 0.236. The first kappa shape index (κ1) is 8.28. The van der Waals surface area contributed by atoms with Crippen molar-refractivity contribution in [2.75, 3.05) is 6.61 Å². The third-order valence-corrected chi connectivity index (χ3v) is 5.77. The van der Waals surface area contributed by atoms with E-state index in [-0.39, 0.29) is 5.60 Å². The number of rotatable bonds is 0. The van der Waals surface area contributed by atoms with Crippen LogP contribution < -0.4 is 0 Å². The van der Waals surface area contributed by atoms with Gasteiger partial charge >= 0.3 is 0 Å². The van der Waals surface area contributed by atoms with E-state index in [0.29, 0.717) is 10.8 Å². The van der Waals surface area contributed by atoms with Crippen LogP contribution in [-0.4, -0.2) is 12.2 Å². The number of hydrogen-bond acceptors (Lipinski definition) is 1. The fourth-order valence-corrected chi connectivity index (χ4v) is 4.82. The predicted octanol–water partition coefficient (Wildman–Crippen LogP) is 2.99. The fourth-order valence-electron chi connectivity index (χ4n) is 4.82. The van der Waals surface area contributed by atoms with Gasteiger partial charge in [-0.2, -0.15) is 0 Å². The van der Waals surface area contributed by atoms with E-state index >= 15 is 0 Å². The average molecular weight is 180 g/mol. The first-order chi connectivity index (χ1) is 6.02. The van der Waals surface area contributed by atoms with E-state index in [1.54, 1.807) is 0 Å². The molecule has 1 heterocycles. The Hall–Kier alpha value is -0.0400. The minimum Gasteiger partial charge on any atom is -0.375 e. The van der Waals surface area contributed by atoms with E-state index < -0.39 is 0 Å². The highest BCUT2D eigenvalue weighted by Gasteiger charge is 2.71. The smallest absolute Gasteiger partial charge is 0.0719 e. The Balaban J connectivity index is 2.15. The molecule has 2 saturated carbocycles. The molecule has 2 aliphatic carbocycles. The van der Waals surface area contributed by atoms with Gasteiger partial charge in [-0.3, -0.25) is 0 Å². The lowest BCUT2D eigenvalue weighted by Crippen LogP contribution is -2.43. The van der Waals surface area contributed by atoms with Crippen LogP contribution in [0.4, 0.5) is 0 Å². The molecule has 13 heavy (non-hydrogen) atoms. The van der Waals surface area contributed by atoms with Crippen LogP contribution in [0.1, 0.15) is 46.5 Å². The maximum absolute atomic E-state index is 6.02. The van der Waals surface area contributed by atoms with Crippen molar-refractivity contribution < 1.29 is 4.74 Å². The molecular weight excluding hydrogens is 160 g/mol. The Morgan fingerprint density at radius 1 is 1.15 bits per heavy atom. The van der Waals surface area contributed by atoms with Crippen molar-refractivity contribution in [1.29, 1.82) is 0 Å². The quantitative estimate of drug-likeness (QED) is 0.557. The van der Waals surface area contributed by atoms with Gasteiger partial charge in [-0.1, -0.05) is 13.8 Å². The van der Waals surface area contributed by atoms with E-state index in [2.05, 4.69) is 20.8 Å². The molecule has 0 radical (unpaired) electrons. The molecule has 1 aliphatic heterocycles. The van der Waals surface area contributed by atoms with Crippen LogP contribution in [0.15, 0.2) is 0 Å². The zero-order valence-electron chi connectivity index (χ0n) is 9.02. The largest absolute Gasteiger partial charge is 0.375 e. The molecule has 0 aromatic rings. The highest BCUT2D eigenvalue weighted by atomic mass is 16.5. The van der Waals surface area contributed by atoms with Crippen LogP contribution in [0.25, 0.3) is 0 Å². The van der Waals surface area contributed by atoms with Gasteiger partial charge in [0, 0.05) is 12.0 Å². The molecule has 74 valence electrons. The average Bonchev–Trinajstić information content (AvgIpc) is 2.55. The number of hydrogen-bond donors (Lipinski definition) is 0. The number of ether oxygens (including phenoxy) is 1. The molecule has 3 fully saturated rings. The molecule has 1 saturated heterocycles. The van der Waals surface area contributed by atoms with Crippen molar-refractivity contribution in [2.24, 2.45) is 16.7 Å². The van der Waals surface area contributed by atoms with Gasteiger partial charge in [0.05, 0.1) is 5.60 Å². The standard InChI is InChI=1S/C12H20O/c1-10(2)9-4-5-12(10)6-7-13-11(12,3)8-9/h9H,4-8H2,1-3H3. The summed E-state index contributed by atoms with van der Waals surface area (Å²) in [7, 11) is 0. The second-order valence-corrected chi connectivity index (χ2v) is 6.07. The van der Waals surface area contributed by atoms with Crippen LogP contribution in [-0.2, 0) is 4.74 Å². The van der Waals surface area contributed by atoms with Gasteiger partial charge in [0.2, 0.25) is 0 Å². The van der Waals surface area contributed by atoms with Crippen LogP contribution in [0.5, 0.6) is 0 Å². The van der Waals surface area contributed by atoms with E-state index in [1.807, 2.05) is 0 Å². The molecule has 1 heteroatoms. The number of fused-ring (bicyclic) bond motifs is 1. The van der Waals surface area contributed by atoms with Crippen LogP contribution in [0.3, 0.4) is 0 Å². The SMILES string of the molecule is CC12CC3CCC1(CCO2)C3(C)C. The first-order valence-electron chi connectivity index (χ1n) is 5.66. The third kappa shape index (κ3) is 0.643. The summed E-state index contributed by atoms with van der Waals surface area (Å²) in [5, 5.41) is 0.